The monoisotopic (exact) mass is 276 g/mol. The van der Waals surface area contributed by atoms with Gasteiger partial charge in [0.2, 0.25) is 10.0 Å². The lowest BCUT2D eigenvalue weighted by molar-refractivity contribution is -0.136. The second-order valence-corrected chi connectivity index (χ2v) is 7.38. The van der Waals surface area contributed by atoms with Crippen LogP contribution in [0.15, 0.2) is 0 Å². The number of carboxylic acids is 1. The summed E-state index contributed by atoms with van der Waals surface area (Å²) < 4.78 is 25.5. The molecule has 0 aromatic carbocycles. The quantitative estimate of drug-likeness (QED) is 0.743. The Hall–Kier alpha value is -0.660. The number of nitrogens with two attached hydrogens (primary N) is 1. The number of nitrogens with zero attached hydrogens (tertiary/aromatic N) is 1. The molecule has 2 fully saturated rings. The molecule has 7 heteroatoms. The van der Waals surface area contributed by atoms with Crippen LogP contribution in [0.25, 0.3) is 0 Å². The minimum absolute atomic E-state index is 0.0865. The Bertz CT molecular complexity index is 423. The van der Waals surface area contributed by atoms with Crippen LogP contribution in [0, 0.1) is 11.8 Å². The van der Waals surface area contributed by atoms with Crippen molar-refractivity contribution in [3.63, 3.8) is 0 Å². The maximum atomic E-state index is 12.0. The van der Waals surface area contributed by atoms with E-state index in [-0.39, 0.29) is 24.1 Å². The van der Waals surface area contributed by atoms with E-state index >= 15 is 0 Å². The first-order valence-corrected chi connectivity index (χ1v) is 7.96. The second kappa shape index (κ2) is 5.14. The number of aliphatic carboxylic acids is 1. The molecule has 3 N–H and O–H groups in total. The second-order valence-electron chi connectivity index (χ2n) is 5.30. The highest BCUT2D eigenvalue weighted by Crippen LogP contribution is 2.36. The SMILES string of the molecule is NC1CCCC2CN(S(=O)(=O)CCC(=O)O)CC12. The van der Waals surface area contributed by atoms with E-state index in [1.807, 2.05) is 0 Å². The van der Waals surface area contributed by atoms with E-state index in [2.05, 4.69) is 0 Å². The van der Waals surface area contributed by atoms with Crippen molar-refractivity contribution in [2.75, 3.05) is 18.8 Å². The van der Waals surface area contributed by atoms with Crippen LogP contribution in [-0.4, -0.2) is 48.7 Å². The Kier molecular flexibility index (Phi) is 3.93. The molecular weight excluding hydrogens is 256 g/mol. The molecule has 3 atom stereocenters. The third-order valence-corrected chi connectivity index (χ3v) is 5.89. The van der Waals surface area contributed by atoms with Crippen LogP contribution in [0.1, 0.15) is 25.7 Å². The third kappa shape index (κ3) is 2.84. The summed E-state index contributed by atoms with van der Waals surface area (Å²) in [6.45, 7) is 0.980. The predicted octanol–water partition coefficient (Wildman–Crippen LogP) is -0.150. The minimum atomic E-state index is -3.44. The summed E-state index contributed by atoms with van der Waals surface area (Å²) in [6, 6.07) is 0.0865. The zero-order valence-corrected chi connectivity index (χ0v) is 11.1. The Morgan fingerprint density at radius 1 is 1.33 bits per heavy atom. The van der Waals surface area contributed by atoms with E-state index < -0.39 is 16.0 Å². The molecule has 1 saturated heterocycles. The summed E-state index contributed by atoms with van der Waals surface area (Å²) in [5, 5.41) is 8.57. The van der Waals surface area contributed by atoms with Crippen molar-refractivity contribution in [1.29, 1.82) is 0 Å². The van der Waals surface area contributed by atoms with Crippen molar-refractivity contribution in [3.8, 4) is 0 Å². The average Bonchev–Trinajstić information content (AvgIpc) is 2.73. The molecule has 1 aliphatic carbocycles. The van der Waals surface area contributed by atoms with Crippen molar-refractivity contribution in [2.45, 2.75) is 31.7 Å². The lowest BCUT2D eigenvalue weighted by atomic mass is 9.78. The Labute approximate surface area is 107 Å². The van der Waals surface area contributed by atoms with Gasteiger partial charge in [-0.15, -0.1) is 0 Å². The van der Waals surface area contributed by atoms with Gasteiger partial charge in [-0.1, -0.05) is 6.42 Å². The van der Waals surface area contributed by atoms with Crippen molar-refractivity contribution < 1.29 is 18.3 Å². The number of carboxylic acid groups (broad SMARTS) is 1. The van der Waals surface area contributed by atoms with Gasteiger partial charge in [0.25, 0.3) is 0 Å². The van der Waals surface area contributed by atoms with E-state index in [1.165, 1.54) is 4.31 Å². The molecule has 2 rings (SSSR count). The van der Waals surface area contributed by atoms with E-state index in [0.29, 0.717) is 19.0 Å². The zero-order chi connectivity index (χ0) is 13.3. The summed E-state index contributed by atoms with van der Waals surface area (Å²) in [4.78, 5) is 10.5. The lowest BCUT2D eigenvalue weighted by Gasteiger charge is -2.29. The number of sulfonamides is 1. The molecule has 0 spiro atoms. The molecule has 3 unspecified atom stereocenters. The maximum Gasteiger partial charge on any atom is 0.304 e. The lowest BCUT2D eigenvalue weighted by Crippen LogP contribution is -2.38. The fourth-order valence-corrected chi connectivity index (χ4v) is 4.56. The van der Waals surface area contributed by atoms with Crippen LogP contribution in [0.2, 0.25) is 0 Å². The number of hydrogen-bond acceptors (Lipinski definition) is 4. The fraction of sp³-hybridized carbons (Fsp3) is 0.909. The highest BCUT2D eigenvalue weighted by Gasteiger charge is 2.42. The smallest absolute Gasteiger partial charge is 0.304 e. The number of rotatable bonds is 4. The third-order valence-electron chi connectivity index (χ3n) is 4.09. The molecular formula is C11H20N2O4S. The minimum Gasteiger partial charge on any atom is -0.481 e. The molecule has 6 nitrogen and oxygen atoms in total. The topological polar surface area (TPSA) is 101 Å². The predicted molar refractivity (Wildman–Crippen MR) is 66.4 cm³/mol. The van der Waals surface area contributed by atoms with E-state index in [1.54, 1.807) is 0 Å². The van der Waals surface area contributed by atoms with Gasteiger partial charge >= 0.3 is 5.97 Å². The summed E-state index contributed by atoms with van der Waals surface area (Å²) in [5.74, 6) is -0.782. The first-order chi connectivity index (χ1) is 8.40. The van der Waals surface area contributed by atoms with Gasteiger partial charge in [-0.2, -0.15) is 0 Å². The summed E-state index contributed by atoms with van der Waals surface area (Å²) in [7, 11) is -3.44. The van der Waals surface area contributed by atoms with Crippen molar-refractivity contribution >= 4 is 16.0 Å². The Balaban J connectivity index is 2.01. The Morgan fingerprint density at radius 3 is 2.67 bits per heavy atom. The average molecular weight is 276 g/mol. The number of hydrogen-bond donors (Lipinski definition) is 2. The molecule has 0 amide bonds. The zero-order valence-electron chi connectivity index (χ0n) is 10.3. The van der Waals surface area contributed by atoms with Gasteiger partial charge in [-0.05, 0) is 24.7 Å². The molecule has 0 radical (unpaired) electrons. The van der Waals surface area contributed by atoms with Crippen LogP contribution >= 0.6 is 0 Å². The van der Waals surface area contributed by atoms with E-state index in [4.69, 9.17) is 10.8 Å². The van der Waals surface area contributed by atoms with E-state index in [9.17, 15) is 13.2 Å². The number of fused-ring (bicyclic) bond motifs is 1. The largest absolute Gasteiger partial charge is 0.481 e. The van der Waals surface area contributed by atoms with E-state index in [0.717, 1.165) is 19.3 Å². The standard InChI is InChI=1S/C11H20N2O4S/c12-10-3-1-2-8-6-13(7-9(8)10)18(16,17)5-4-11(14)15/h8-10H,1-7,12H2,(H,14,15). The molecule has 104 valence electrons. The molecule has 0 aromatic rings. The molecule has 1 saturated carbocycles. The molecule has 18 heavy (non-hydrogen) atoms. The first-order valence-electron chi connectivity index (χ1n) is 6.35. The summed E-state index contributed by atoms with van der Waals surface area (Å²) >= 11 is 0. The van der Waals surface area contributed by atoms with Crippen molar-refractivity contribution in [3.05, 3.63) is 0 Å². The van der Waals surface area contributed by atoms with Gasteiger partial charge in [-0.25, -0.2) is 12.7 Å². The molecule has 1 aliphatic heterocycles. The van der Waals surface area contributed by atoms with Crippen LogP contribution in [0.4, 0.5) is 0 Å². The van der Waals surface area contributed by atoms with Gasteiger partial charge in [0.05, 0.1) is 12.2 Å². The van der Waals surface area contributed by atoms with Crippen LogP contribution in [0.5, 0.6) is 0 Å². The summed E-state index contributed by atoms with van der Waals surface area (Å²) in [6.07, 6.45) is 2.72. The number of carbonyl (C=O) groups is 1. The van der Waals surface area contributed by atoms with Gasteiger partial charge < -0.3 is 10.8 Å². The van der Waals surface area contributed by atoms with Gasteiger partial charge in [-0.3, -0.25) is 4.79 Å². The first kappa shape index (κ1) is 13.8. The van der Waals surface area contributed by atoms with Crippen LogP contribution in [-0.2, 0) is 14.8 Å². The van der Waals surface area contributed by atoms with Crippen molar-refractivity contribution in [2.24, 2.45) is 17.6 Å². The van der Waals surface area contributed by atoms with Crippen molar-refractivity contribution in [1.82, 2.24) is 4.31 Å². The normalized spacial score (nSPS) is 33.3. The van der Waals surface area contributed by atoms with Gasteiger partial charge in [0.1, 0.15) is 0 Å². The molecule has 1 heterocycles. The summed E-state index contributed by atoms with van der Waals surface area (Å²) in [5.41, 5.74) is 6.03. The highest BCUT2D eigenvalue weighted by molar-refractivity contribution is 7.89. The molecule has 0 bridgehead atoms. The Morgan fingerprint density at radius 2 is 2.06 bits per heavy atom. The maximum absolute atomic E-state index is 12.0. The highest BCUT2D eigenvalue weighted by atomic mass is 32.2. The van der Waals surface area contributed by atoms with Gasteiger partial charge in [0, 0.05) is 19.1 Å². The molecule has 2 aliphatic rings. The van der Waals surface area contributed by atoms with Gasteiger partial charge in [0.15, 0.2) is 0 Å². The molecule has 0 aromatic heterocycles. The van der Waals surface area contributed by atoms with Crippen LogP contribution < -0.4 is 5.73 Å². The fourth-order valence-electron chi connectivity index (χ4n) is 3.05. The van der Waals surface area contributed by atoms with Crippen LogP contribution in [0.3, 0.4) is 0 Å².